The number of hydrogen-bond acceptors (Lipinski definition) is 1. The second kappa shape index (κ2) is 6.44. The molecule has 0 saturated heterocycles. The predicted molar refractivity (Wildman–Crippen MR) is 83.9 cm³/mol. The molecule has 2 aromatic carbocycles. The summed E-state index contributed by atoms with van der Waals surface area (Å²) in [6.45, 7) is 4.76. The van der Waals surface area contributed by atoms with Crippen LogP contribution in [0.3, 0.4) is 0 Å². The molecule has 0 bridgehead atoms. The van der Waals surface area contributed by atoms with Gasteiger partial charge >= 0.3 is 0 Å². The average Bonchev–Trinajstić information content (AvgIpc) is 2.40. The predicted octanol–water partition coefficient (Wildman–Crippen LogP) is 5.38. The van der Waals surface area contributed by atoms with Gasteiger partial charge in [0.05, 0.1) is 5.88 Å². The first-order valence-electron chi connectivity index (χ1n) is 6.13. The van der Waals surface area contributed by atoms with Crippen LogP contribution < -0.4 is 4.74 Å². The fourth-order valence-corrected chi connectivity index (χ4v) is 2.52. The molecule has 0 atom stereocenters. The molecule has 1 nitrogen and oxygen atoms in total. The van der Waals surface area contributed by atoms with Crippen molar-refractivity contribution in [3.8, 4) is 5.75 Å². The van der Waals surface area contributed by atoms with Crippen LogP contribution in [-0.4, -0.2) is 0 Å². The summed E-state index contributed by atoms with van der Waals surface area (Å²) in [7, 11) is 0. The van der Waals surface area contributed by atoms with E-state index in [1.807, 2.05) is 18.2 Å². The van der Waals surface area contributed by atoms with E-state index in [1.165, 1.54) is 16.7 Å². The van der Waals surface area contributed by atoms with E-state index in [9.17, 15) is 0 Å². The maximum Gasteiger partial charge on any atom is 0.124 e. The highest BCUT2D eigenvalue weighted by Crippen LogP contribution is 2.26. The van der Waals surface area contributed by atoms with E-state index < -0.39 is 0 Å². The molecule has 0 amide bonds. The van der Waals surface area contributed by atoms with Crippen molar-refractivity contribution in [2.45, 2.75) is 26.3 Å². The van der Waals surface area contributed by atoms with Gasteiger partial charge in [-0.1, -0.05) is 39.7 Å². The molecule has 0 fully saturated rings. The van der Waals surface area contributed by atoms with E-state index in [0.717, 1.165) is 15.8 Å². The van der Waals surface area contributed by atoms with Crippen molar-refractivity contribution in [2.75, 3.05) is 0 Å². The minimum absolute atomic E-state index is 0.446. The largest absolute Gasteiger partial charge is 0.489 e. The van der Waals surface area contributed by atoms with Crippen LogP contribution >= 0.6 is 27.5 Å². The standard InChI is InChI=1S/C16H16BrClO/c1-11-3-4-12(2)14(7-11)10-19-16-6-5-15(17)8-13(16)9-18/h3-8H,9-10H2,1-2H3. The highest BCUT2D eigenvalue weighted by molar-refractivity contribution is 9.10. The van der Waals surface area contributed by atoms with Crippen LogP contribution in [0.2, 0.25) is 0 Å². The second-order valence-corrected chi connectivity index (χ2v) is 5.79. The van der Waals surface area contributed by atoms with Gasteiger partial charge < -0.3 is 4.74 Å². The van der Waals surface area contributed by atoms with Crippen LogP contribution in [0.15, 0.2) is 40.9 Å². The molecule has 0 radical (unpaired) electrons. The summed E-state index contributed by atoms with van der Waals surface area (Å²) in [6.07, 6.45) is 0. The lowest BCUT2D eigenvalue weighted by atomic mass is 10.1. The second-order valence-electron chi connectivity index (χ2n) is 4.60. The maximum atomic E-state index is 5.94. The molecule has 0 unspecified atom stereocenters. The quantitative estimate of drug-likeness (QED) is 0.679. The molecule has 2 rings (SSSR count). The molecule has 0 heterocycles. The Morgan fingerprint density at radius 2 is 1.84 bits per heavy atom. The summed E-state index contributed by atoms with van der Waals surface area (Å²) < 4.78 is 6.92. The van der Waals surface area contributed by atoms with Crippen molar-refractivity contribution in [2.24, 2.45) is 0 Å². The average molecular weight is 340 g/mol. The third kappa shape index (κ3) is 3.74. The first-order valence-corrected chi connectivity index (χ1v) is 7.46. The van der Waals surface area contributed by atoms with Crippen LogP contribution in [0.25, 0.3) is 0 Å². The van der Waals surface area contributed by atoms with E-state index >= 15 is 0 Å². The van der Waals surface area contributed by atoms with Gasteiger partial charge in [0.15, 0.2) is 0 Å². The van der Waals surface area contributed by atoms with Gasteiger partial charge in [0.2, 0.25) is 0 Å². The van der Waals surface area contributed by atoms with Crippen molar-refractivity contribution in [3.63, 3.8) is 0 Å². The Labute approximate surface area is 127 Å². The van der Waals surface area contributed by atoms with E-state index in [-0.39, 0.29) is 0 Å². The van der Waals surface area contributed by atoms with Gasteiger partial charge in [-0.15, -0.1) is 11.6 Å². The fourth-order valence-electron chi connectivity index (χ4n) is 1.90. The molecule has 3 heteroatoms. The first-order chi connectivity index (χ1) is 9.10. The molecule has 19 heavy (non-hydrogen) atoms. The summed E-state index contributed by atoms with van der Waals surface area (Å²) in [4.78, 5) is 0. The number of hydrogen-bond donors (Lipinski definition) is 0. The van der Waals surface area contributed by atoms with Crippen molar-refractivity contribution in [3.05, 3.63) is 63.1 Å². The molecule has 100 valence electrons. The van der Waals surface area contributed by atoms with Crippen LogP contribution in [0.4, 0.5) is 0 Å². The molecule has 0 aliphatic carbocycles. The Morgan fingerprint density at radius 1 is 1.05 bits per heavy atom. The zero-order valence-electron chi connectivity index (χ0n) is 11.0. The Kier molecular flexibility index (Phi) is 4.89. The molecular weight excluding hydrogens is 324 g/mol. The van der Waals surface area contributed by atoms with E-state index in [1.54, 1.807) is 0 Å². The smallest absolute Gasteiger partial charge is 0.124 e. The Hall–Kier alpha value is -0.990. The first kappa shape index (κ1) is 14.4. The fraction of sp³-hybridized carbons (Fsp3) is 0.250. The highest BCUT2D eigenvalue weighted by atomic mass is 79.9. The van der Waals surface area contributed by atoms with Gasteiger partial charge in [-0.3, -0.25) is 0 Å². The topological polar surface area (TPSA) is 9.23 Å². The monoisotopic (exact) mass is 338 g/mol. The summed E-state index contributed by atoms with van der Waals surface area (Å²) >= 11 is 9.38. The van der Waals surface area contributed by atoms with E-state index in [0.29, 0.717) is 12.5 Å². The third-order valence-electron chi connectivity index (χ3n) is 3.05. The van der Waals surface area contributed by atoms with Crippen molar-refractivity contribution in [1.82, 2.24) is 0 Å². The van der Waals surface area contributed by atoms with Gasteiger partial charge in [0.1, 0.15) is 12.4 Å². The highest BCUT2D eigenvalue weighted by Gasteiger charge is 2.05. The molecule has 0 spiro atoms. The van der Waals surface area contributed by atoms with Crippen molar-refractivity contribution in [1.29, 1.82) is 0 Å². The van der Waals surface area contributed by atoms with Crippen LogP contribution in [0.1, 0.15) is 22.3 Å². The number of aryl methyl sites for hydroxylation is 2. The summed E-state index contributed by atoms with van der Waals surface area (Å²) in [5.74, 6) is 1.29. The molecule has 2 aromatic rings. The maximum absolute atomic E-state index is 5.94. The molecule has 0 aromatic heterocycles. The number of benzene rings is 2. The van der Waals surface area contributed by atoms with E-state index in [2.05, 4.69) is 48.0 Å². The number of ether oxygens (including phenoxy) is 1. The SMILES string of the molecule is Cc1ccc(C)c(COc2ccc(Br)cc2CCl)c1. The Balaban J connectivity index is 2.16. The molecule has 0 saturated carbocycles. The lowest BCUT2D eigenvalue weighted by Crippen LogP contribution is -2.00. The van der Waals surface area contributed by atoms with Gasteiger partial charge in [-0.05, 0) is 43.2 Å². The van der Waals surface area contributed by atoms with Crippen molar-refractivity contribution < 1.29 is 4.74 Å². The third-order valence-corrected chi connectivity index (χ3v) is 3.84. The molecule has 0 aliphatic rings. The van der Waals surface area contributed by atoms with Crippen molar-refractivity contribution >= 4 is 27.5 Å². The Morgan fingerprint density at radius 3 is 2.58 bits per heavy atom. The number of alkyl halides is 1. The summed E-state index contributed by atoms with van der Waals surface area (Å²) in [6, 6.07) is 12.3. The zero-order chi connectivity index (χ0) is 13.8. The minimum atomic E-state index is 0.446. The summed E-state index contributed by atoms with van der Waals surface area (Å²) in [5.41, 5.74) is 4.71. The number of halogens is 2. The lowest BCUT2D eigenvalue weighted by molar-refractivity contribution is 0.303. The van der Waals surface area contributed by atoms with Gasteiger partial charge in [0, 0.05) is 10.0 Å². The van der Waals surface area contributed by atoms with Gasteiger partial charge in [-0.2, -0.15) is 0 Å². The number of rotatable bonds is 4. The van der Waals surface area contributed by atoms with Gasteiger partial charge in [0.25, 0.3) is 0 Å². The van der Waals surface area contributed by atoms with Gasteiger partial charge in [-0.25, -0.2) is 0 Å². The summed E-state index contributed by atoms with van der Waals surface area (Å²) in [5, 5.41) is 0. The zero-order valence-corrected chi connectivity index (χ0v) is 13.4. The molecule has 0 N–H and O–H groups in total. The normalized spacial score (nSPS) is 10.5. The minimum Gasteiger partial charge on any atom is -0.489 e. The lowest BCUT2D eigenvalue weighted by Gasteiger charge is -2.12. The van der Waals surface area contributed by atoms with E-state index in [4.69, 9.17) is 16.3 Å². The van der Waals surface area contributed by atoms with Crippen LogP contribution in [0.5, 0.6) is 5.75 Å². The van der Waals surface area contributed by atoms with Crippen LogP contribution in [-0.2, 0) is 12.5 Å². The van der Waals surface area contributed by atoms with Crippen LogP contribution in [0, 0.1) is 13.8 Å². The Bertz CT molecular complexity index is 581. The molecule has 0 aliphatic heterocycles. The molecular formula is C16H16BrClO.